The van der Waals surface area contributed by atoms with Gasteiger partial charge in [0.05, 0.1) is 0 Å². The molecule has 0 aliphatic carbocycles. The molecule has 0 atom stereocenters. The van der Waals surface area contributed by atoms with Crippen LogP contribution in [-0.4, -0.2) is 18.1 Å². The summed E-state index contributed by atoms with van der Waals surface area (Å²) in [4.78, 5) is 0.435. The number of phenolic OH excluding ortho intramolecular Hbond substituents is 1. The number of azo groups is 1. The van der Waals surface area contributed by atoms with Crippen LogP contribution in [0.25, 0.3) is 10.8 Å². The lowest BCUT2D eigenvalue weighted by Gasteiger charge is -2.08. The van der Waals surface area contributed by atoms with Crippen LogP contribution in [0.5, 0.6) is 5.75 Å². The summed E-state index contributed by atoms with van der Waals surface area (Å²) >= 11 is 4.29. The Morgan fingerprint density at radius 3 is 2.35 bits per heavy atom. The summed E-state index contributed by atoms with van der Waals surface area (Å²) in [6.07, 6.45) is 0. The Labute approximate surface area is 156 Å². The molecule has 2 N–H and O–H groups in total. The second-order valence-corrected chi connectivity index (χ2v) is 7.85. The molecular weight excluding hydrogens is 372 g/mol. The maximum atomic E-state index is 11.7. The van der Waals surface area contributed by atoms with Gasteiger partial charge in [-0.1, -0.05) is 18.2 Å². The Morgan fingerprint density at radius 1 is 0.962 bits per heavy atom. The molecule has 0 aliphatic rings. The smallest absolute Gasteiger partial charge is 0.296 e. The van der Waals surface area contributed by atoms with Gasteiger partial charge in [0.25, 0.3) is 10.1 Å². The third-order valence-electron chi connectivity index (χ3n) is 3.89. The molecule has 3 aromatic rings. The van der Waals surface area contributed by atoms with Gasteiger partial charge in [0.2, 0.25) is 0 Å². The largest absolute Gasteiger partial charge is 0.506 e. The predicted octanol–water partition coefficient (Wildman–Crippen LogP) is 5.11. The minimum atomic E-state index is -4.47. The minimum Gasteiger partial charge on any atom is -0.506 e. The maximum absolute atomic E-state index is 11.7. The van der Waals surface area contributed by atoms with Gasteiger partial charge in [-0.15, -0.1) is 22.9 Å². The average Bonchev–Trinajstić information content (AvgIpc) is 2.54. The fourth-order valence-electron chi connectivity index (χ4n) is 2.74. The van der Waals surface area contributed by atoms with E-state index in [9.17, 15) is 18.1 Å². The van der Waals surface area contributed by atoms with Crippen molar-refractivity contribution < 1.29 is 18.1 Å². The lowest BCUT2D eigenvalue weighted by Crippen LogP contribution is -2.00. The van der Waals surface area contributed by atoms with E-state index in [2.05, 4.69) is 22.9 Å². The van der Waals surface area contributed by atoms with Crippen LogP contribution >= 0.6 is 12.6 Å². The topological polar surface area (TPSA) is 99.3 Å². The lowest BCUT2D eigenvalue weighted by molar-refractivity contribution is 0.477. The van der Waals surface area contributed by atoms with Crippen LogP contribution in [0.15, 0.2) is 62.5 Å². The number of nitrogens with zero attached hydrogens (tertiary/aromatic N) is 2. The van der Waals surface area contributed by atoms with Crippen LogP contribution in [0.3, 0.4) is 0 Å². The van der Waals surface area contributed by atoms with E-state index in [0.717, 1.165) is 10.3 Å². The number of aromatic hydroxyl groups is 1. The SMILES string of the molecule is Cc1cc(C)c(N=Nc2c(O)ccc3cc(S)ccc23)c(S(=O)(=O)O)c1. The molecule has 0 saturated heterocycles. The monoisotopic (exact) mass is 388 g/mol. The summed E-state index contributed by atoms with van der Waals surface area (Å²) in [5.41, 5.74) is 1.44. The van der Waals surface area contributed by atoms with Crippen molar-refractivity contribution in [3.8, 4) is 5.75 Å². The quantitative estimate of drug-likeness (QED) is 0.330. The molecule has 134 valence electrons. The van der Waals surface area contributed by atoms with Crippen molar-refractivity contribution in [3.63, 3.8) is 0 Å². The van der Waals surface area contributed by atoms with Crippen LogP contribution in [0.4, 0.5) is 11.4 Å². The molecule has 0 saturated carbocycles. The second kappa shape index (κ2) is 6.71. The first-order chi connectivity index (χ1) is 12.2. The first-order valence-corrected chi connectivity index (χ1v) is 9.51. The molecular formula is C18H16N2O4S2. The normalized spacial score (nSPS) is 12.2. The number of aryl methyl sites for hydroxylation is 2. The van der Waals surface area contributed by atoms with Gasteiger partial charge in [0.1, 0.15) is 22.0 Å². The Balaban J connectivity index is 2.21. The van der Waals surface area contributed by atoms with Gasteiger partial charge < -0.3 is 5.11 Å². The van der Waals surface area contributed by atoms with Crippen LogP contribution in [-0.2, 0) is 10.1 Å². The van der Waals surface area contributed by atoms with E-state index >= 15 is 0 Å². The molecule has 0 spiro atoms. The van der Waals surface area contributed by atoms with E-state index < -0.39 is 10.1 Å². The standard InChI is InChI=1S/C18H16N2O4S2/c1-10-7-11(2)17(16(8-10)26(22,23)24)19-20-18-14-5-4-13(25)9-12(14)3-6-15(18)21/h3-9,21,25H,1-2H3,(H,22,23,24). The number of thiol groups is 1. The van der Waals surface area contributed by atoms with Gasteiger partial charge in [-0.2, -0.15) is 8.42 Å². The number of rotatable bonds is 3. The number of benzene rings is 3. The average molecular weight is 388 g/mol. The number of phenols is 1. The van der Waals surface area contributed by atoms with Crippen molar-refractivity contribution in [2.24, 2.45) is 10.2 Å². The highest BCUT2D eigenvalue weighted by Gasteiger charge is 2.18. The summed E-state index contributed by atoms with van der Waals surface area (Å²) in [7, 11) is -4.47. The van der Waals surface area contributed by atoms with Crippen molar-refractivity contribution in [2.45, 2.75) is 23.6 Å². The molecule has 0 bridgehead atoms. The van der Waals surface area contributed by atoms with E-state index in [4.69, 9.17) is 0 Å². The Kier molecular flexibility index (Phi) is 4.74. The summed E-state index contributed by atoms with van der Waals surface area (Å²) in [5, 5.41) is 19.7. The maximum Gasteiger partial charge on any atom is 0.296 e. The van der Waals surface area contributed by atoms with Gasteiger partial charge >= 0.3 is 0 Å². The number of fused-ring (bicyclic) bond motifs is 1. The van der Waals surface area contributed by atoms with E-state index in [1.54, 1.807) is 38.1 Å². The molecule has 0 heterocycles. The zero-order valence-corrected chi connectivity index (χ0v) is 15.7. The Hall–Kier alpha value is -2.42. The molecule has 0 radical (unpaired) electrons. The summed E-state index contributed by atoms with van der Waals surface area (Å²) in [6.45, 7) is 3.39. The Bertz CT molecular complexity index is 1160. The summed E-state index contributed by atoms with van der Waals surface area (Å²) in [6, 6.07) is 11.6. The first kappa shape index (κ1) is 18.4. The van der Waals surface area contributed by atoms with Gasteiger partial charge in [0, 0.05) is 10.3 Å². The molecule has 0 amide bonds. The zero-order valence-electron chi connectivity index (χ0n) is 14.0. The minimum absolute atomic E-state index is 0.0281. The highest BCUT2D eigenvalue weighted by molar-refractivity contribution is 7.86. The molecule has 0 fully saturated rings. The fraction of sp³-hybridized carbons (Fsp3) is 0.111. The molecule has 0 aliphatic heterocycles. The molecule has 8 heteroatoms. The van der Waals surface area contributed by atoms with Crippen LogP contribution in [0.2, 0.25) is 0 Å². The van der Waals surface area contributed by atoms with Crippen LogP contribution in [0, 0.1) is 13.8 Å². The van der Waals surface area contributed by atoms with Crippen molar-refractivity contribution >= 4 is 44.9 Å². The third-order valence-corrected chi connectivity index (χ3v) is 5.04. The number of hydrogen-bond acceptors (Lipinski definition) is 6. The van der Waals surface area contributed by atoms with Gasteiger partial charge in [-0.25, -0.2) is 0 Å². The number of hydrogen-bond donors (Lipinski definition) is 3. The highest BCUT2D eigenvalue weighted by Crippen LogP contribution is 2.38. The lowest BCUT2D eigenvalue weighted by atomic mass is 10.1. The molecule has 26 heavy (non-hydrogen) atoms. The molecule has 6 nitrogen and oxygen atoms in total. The van der Waals surface area contributed by atoms with Crippen molar-refractivity contribution in [3.05, 3.63) is 53.6 Å². The van der Waals surface area contributed by atoms with E-state index in [1.807, 2.05) is 6.07 Å². The predicted molar refractivity (Wildman–Crippen MR) is 103 cm³/mol. The van der Waals surface area contributed by atoms with Crippen molar-refractivity contribution in [1.29, 1.82) is 0 Å². The zero-order chi connectivity index (χ0) is 19.1. The summed E-state index contributed by atoms with van der Waals surface area (Å²) < 4.78 is 32.9. The molecule has 3 rings (SSSR count). The van der Waals surface area contributed by atoms with Crippen molar-refractivity contribution in [1.82, 2.24) is 0 Å². The van der Waals surface area contributed by atoms with E-state index in [-0.39, 0.29) is 22.0 Å². The fourth-order valence-corrected chi connectivity index (χ4v) is 3.73. The summed E-state index contributed by atoms with van der Waals surface area (Å²) in [5.74, 6) is -0.0914. The first-order valence-electron chi connectivity index (χ1n) is 7.62. The second-order valence-electron chi connectivity index (χ2n) is 5.94. The Morgan fingerprint density at radius 2 is 1.65 bits per heavy atom. The van der Waals surface area contributed by atoms with Gasteiger partial charge in [-0.3, -0.25) is 4.55 Å². The van der Waals surface area contributed by atoms with E-state index in [1.165, 1.54) is 12.1 Å². The third kappa shape index (κ3) is 3.57. The van der Waals surface area contributed by atoms with E-state index in [0.29, 0.717) is 16.5 Å². The van der Waals surface area contributed by atoms with Crippen LogP contribution in [0.1, 0.15) is 11.1 Å². The molecule has 0 unspecified atom stereocenters. The molecule has 3 aromatic carbocycles. The van der Waals surface area contributed by atoms with Crippen LogP contribution < -0.4 is 0 Å². The van der Waals surface area contributed by atoms with Gasteiger partial charge in [-0.05, 0) is 54.6 Å². The highest BCUT2D eigenvalue weighted by atomic mass is 32.2. The molecule has 0 aromatic heterocycles. The van der Waals surface area contributed by atoms with Gasteiger partial charge in [0.15, 0.2) is 0 Å². The van der Waals surface area contributed by atoms with Crippen molar-refractivity contribution in [2.75, 3.05) is 0 Å².